The number of rotatable bonds is 5. The molecule has 6 nitrogen and oxygen atoms in total. The topological polar surface area (TPSA) is 68.6 Å². The number of benzene rings is 1. The van der Waals surface area contributed by atoms with Crippen molar-refractivity contribution in [3.05, 3.63) is 62.5 Å². The van der Waals surface area contributed by atoms with Gasteiger partial charge in [0.1, 0.15) is 23.4 Å². The molecule has 3 heterocycles. The summed E-state index contributed by atoms with van der Waals surface area (Å²) >= 11 is 2.89. The summed E-state index contributed by atoms with van der Waals surface area (Å²) in [6.45, 7) is 8.24. The Kier molecular flexibility index (Phi) is 6.64. The molecular formula is C22H21F3N4O2S2. The van der Waals surface area contributed by atoms with Gasteiger partial charge in [-0.05, 0) is 63.1 Å². The van der Waals surface area contributed by atoms with E-state index < -0.39 is 6.36 Å². The zero-order valence-electron chi connectivity index (χ0n) is 18.3. The zero-order chi connectivity index (χ0) is 23.8. The SMILES string of the molecule is Cc1cc([C@@H]2CONC(c3c(Sc4cccc(OC(F)(F)F)c4)nnc(C)c3C)=N2)c(C)s1. The Morgan fingerprint density at radius 3 is 2.64 bits per heavy atom. The molecule has 2 aromatic heterocycles. The zero-order valence-corrected chi connectivity index (χ0v) is 19.9. The van der Waals surface area contributed by atoms with Gasteiger partial charge in [-0.1, -0.05) is 17.8 Å². The maximum atomic E-state index is 12.6. The van der Waals surface area contributed by atoms with Crippen LogP contribution in [0.4, 0.5) is 13.2 Å². The molecule has 0 radical (unpaired) electrons. The Bertz CT molecular complexity index is 1210. The van der Waals surface area contributed by atoms with E-state index in [0.29, 0.717) is 27.9 Å². The van der Waals surface area contributed by atoms with Gasteiger partial charge >= 0.3 is 6.36 Å². The number of hydrogen-bond acceptors (Lipinski definition) is 8. The highest BCUT2D eigenvalue weighted by Gasteiger charge is 2.31. The molecule has 0 saturated carbocycles. The standard InChI is InChI=1S/C22H21F3N4O2S2/c1-11-8-17(14(4)32-11)18-10-30-29-20(26-18)19-12(2)13(3)27-28-21(19)33-16-7-5-6-15(9-16)31-22(23,24)25/h5-9,18H,10H2,1-4H3,(H,26,29)/t18-/m0/s1. The van der Waals surface area contributed by atoms with Gasteiger partial charge in [0.15, 0.2) is 5.84 Å². The molecule has 1 atom stereocenters. The van der Waals surface area contributed by atoms with Crippen molar-refractivity contribution in [1.29, 1.82) is 0 Å². The molecule has 3 aromatic rings. The molecule has 0 saturated heterocycles. The van der Waals surface area contributed by atoms with Crippen LogP contribution in [0.3, 0.4) is 0 Å². The van der Waals surface area contributed by atoms with Crippen LogP contribution >= 0.6 is 23.1 Å². The predicted octanol–water partition coefficient (Wildman–Crippen LogP) is 5.84. The number of thiophene rings is 1. The molecule has 0 aliphatic carbocycles. The average molecular weight is 495 g/mol. The number of alkyl halides is 3. The first-order chi connectivity index (χ1) is 15.6. The van der Waals surface area contributed by atoms with Gasteiger partial charge in [0.2, 0.25) is 0 Å². The lowest BCUT2D eigenvalue weighted by molar-refractivity contribution is -0.274. The predicted molar refractivity (Wildman–Crippen MR) is 121 cm³/mol. The molecule has 174 valence electrons. The van der Waals surface area contributed by atoms with Crippen LogP contribution in [0.5, 0.6) is 5.75 Å². The summed E-state index contributed by atoms with van der Waals surface area (Å²) in [4.78, 5) is 13.5. The number of aliphatic imine (C=N–C) groups is 1. The average Bonchev–Trinajstić information content (AvgIpc) is 3.08. The molecule has 0 spiro atoms. The van der Waals surface area contributed by atoms with Crippen LogP contribution in [0.25, 0.3) is 0 Å². The summed E-state index contributed by atoms with van der Waals surface area (Å²) in [7, 11) is 0. The molecule has 0 fully saturated rings. The number of aryl methyl sites for hydroxylation is 3. The van der Waals surface area contributed by atoms with Crippen molar-refractivity contribution in [2.24, 2.45) is 4.99 Å². The van der Waals surface area contributed by atoms with Crippen LogP contribution in [0.15, 0.2) is 45.2 Å². The fourth-order valence-electron chi connectivity index (χ4n) is 3.45. The fourth-order valence-corrected chi connectivity index (χ4v) is 5.41. The molecule has 11 heteroatoms. The Morgan fingerprint density at radius 2 is 1.94 bits per heavy atom. The maximum Gasteiger partial charge on any atom is 0.573 e. The van der Waals surface area contributed by atoms with Gasteiger partial charge in [0.25, 0.3) is 0 Å². The molecule has 0 bridgehead atoms. The van der Waals surface area contributed by atoms with E-state index in [4.69, 9.17) is 9.83 Å². The van der Waals surface area contributed by atoms with Crippen molar-refractivity contribution in [2.45, 2.75) is 50.0 Å². The van der Waals surface area contributed by atoms with Crippen molar-refractivity contribution in [2.75, 3.05) is 6.61 Å². The second kappa shape index (κ2) is 9.32. The third kappa shape index (κ3) is 5.48. The van der Waals surface area contributed by atoms with E-state index in [1.165, 1.54) is 39.7 Å². The van der Waals surface area contributed by atoms with E-state index in [0.717, 1.165) is 16.8 Å². The summed E-state index contributed by atoms with van der Waals surface area (Å²) in [5.41, 5.74) is 6.28. The summed E-state index contributed by atoms with van der Waals surface area (Å²) in [6.07, 6.45) is -4.76. The van der Waals surface area contributed by atoms with E-state index >= 15 is 0 Å². The Balaban J connectivity index is 1.71. The minimum Gasteiger partial charge on any atom is -0.406 e. The largest absolute Gasteiger partial charge is 0.573 e. The summed E-state index contributed by atoms with van der Waals surface area (Å²) in [6, 6.07) is 7.68. The second-order valence-corrected chi connectivity index (χ2v) is 10.0. The van der Waals surface area contributed by atoms with Gasteiger partial charge in [-0.15, -0.1) is 29.6 Å². The van der Waals surface area contributed by atoms with E-state index in [1.54, 1.807) is 17.4 Å². The van der Waals surface area contributed by atoms with Crippen LogP contribution in [-0.2, 0) is 4.84 Å². The van der Waals surface area contributed by atoms with Gasteiger partial charge in [0, 0.05) is 14.6 Å². The molecule has 33 heavy (non-hydrogen) atoms. The number of nitrogens with zero attached hydrogens (tertiary/aromatic N) is 3. The molecule has 1 aliphatic heterocycles. The highest BCUT2D eigenvalue weighted by molar-refractivity contribution is 7.99. The molecule has 1 N–H and O–H groups in total. The molecule has 0 unspecified atom stereocenters. The van der Waals surface area contributed by atoms with Gasteiger partial charge in [-0.2, -0.15) is 5.10 Å². The van der Waals surface area contributed by atoms with Crippen molar-refractivity contribution >= 4 is 28.9 Å². The number of nitrogens with one attached hydrogen (secondary N) is 1. The van der Waals surface area contributed by atoms with Crippen molar-refractivity contribution in [3.8, 4) is 5.75 Å². The van der Waals surface area contributed by atoms with E-state index in [1.807, 2.05) is 13.8 Å². The van der Waals surface area contributed by atoms with Gasteiger partial charge < -0.3 is 4.74 Å². The Labute approximate surface area is 197 Å². The van der Waals surface area contributed by atoms with Crippen LogP contribution in [-0.4, -0.2) is 29.0 Å². The number of hydroxylamine groups is 1. The highest BCUT2D eigenvalue weighted by atomic mass is 32.2. The van der Waals surface area contributed by atoms with Crippen LogP contribution in [0.1, 0.15) is 38.2 Å². The van der Waals surface area contributed by atoms with Gasteiger partial charge in [-0.25, -0.2) is 5.48 Å². The first-order valence-electron chi connectivity index (χ1n) is 10.0. The summed E-state index contributed by atoms with van der Waals surface area (Å²) in [5.74, 6) is 0.209. The summed E-state index contributed by atoms with van der Waals surface area (Å²) in [5, 5.41) is 9.01. The third-order valence-corrected chi connectivity index (χ3v) is 7.00. The molecule has 4 rings (SSSR count). The molecule has 0 amide bonds. The van der Waals surface area contributed by atoms with Gasteiger partial charge in [0.05, 0.1) is 11.3 Å². The molecule has 1 aromatic carbocycles. The second-order valence-electron chi connectivity index (χ2n) is 7.49. The first-order valence-corrected chi connectivity index (χ1v) is 11.6. The first kappa shape index (κ1) is 23.5. The minimum absolute atomic E-state index is 0.180. The smallest absolute Gasteiger partial charge is 0.406 e. The van der Waals surface area contributed by atoms with Crippen molar-refractivity contribution < 1.29 is 22.7 Å². The monoisotopic (exact) mass is 494 g/mol. The van der Waals surface area contributed by atoms with Crippen molar-refractivity contribution in [3.63, 3.8) is 0 Å². The Hall–Kier alpha value is -2.63. The number of ether oxygens (including phenoxy) is 1. The Morgan fingerprint density at radius 1 is 1.15 bits per heavy atom. The lowest BCUT2D eigenvalue weighted by Gasteiger charge is -2.24. The number of halogens is 3. The maximum absolute atomic E-state index is 12.6. The highest BCUT2D eigenvalue weighted by Crippen LogP contribution is 2.36. The number of amidine groups is 1. The van der Waals surface area contributed by atoms with E-state index in [9.17, 15) is 13.2 Å². The van der Waals surface area contributed by atoms with E-state index in [2.05, 4.69) is 40.3 Å². The molecular weight excluding hydrogens is 473 g/mol. The lowest BCUT2D eigenvalue weighted by Crippen LogP contribution is -2.34. The summed E-state index contributed by atoms with van der Waals surface area (Å²) < 4.78 is 41.9. The van der Waals surface area contributed by atoms with Crippen LogP contribution in [0, 0.1) is 27.7 Å². The molecule has 1 aliphatic rings. The fraction of sp³-hybridized carbons (Fsp3) is 0.318. The van der Waals surface area contributed by atoms with Crippen LogP contribution in [0.2, 0.25) is 0 Å². The number of hydrogen-bond donors (Lipinski definition) is 1. The minimum atomic E-state index is -4.76. The van der Waals surface area contributed by atoms with Gasteiger partial charge in [-0.3, -0.25) is 9.83 Å². The quantitative estimate of drug-likeness (QED) is 0.480. The normalized spacial score (nSPS) is 16.3. The number of aromatic nitrogens is 2. The van der Waals surface area contributed by atoms with Crippen LogP contribution < -0.4 is 10.2 Å². The van der Waals surface area contributed by atoms with E-state index in [-0.39, 0.29) is 11.8 Å². The van der Waals surface area contributed by atoms with Crippen molar-refractivity contribution in [1.82, 2.24) is 15.7 Å². The lowest BCUT2D eigenvalue weighted by atomic mass is 10.1. The third-order valence-electron chi connectivity index (χ3n) is 5.05.